The highest BCUT2D eigenvalue weighted by atomic mass is 79.9. The molecule has 1 aromatic rings. The molecule has 0 bridgehead atoms. The van der Waals surface area contributed by atoms with E-state index in [0.29, 0.717) is 14.5 Å². The molecule has 0 aliphatic heterocycles. The van der Waals surface area contributed by atoms with Crippen LogP contribution in [-0.2, 0) is 0 Å². The molecule has 1 aromatic carbocycles. The molecule has 11 heavy (non-hydrogen) atoms. The second-order valence-electron chi connectivity index (χ2n) is 1.96. The first-order chi connectivity index (χ1) is 5.13. The first-order valence-corrected chi connectivity index (χ1v) is 4.45. The summed E-state index contributed by atoms with van der Waals surface area (Å²) in [6, 6.07) is 5.36. The van der Waals surface area contributed by atoms with E-state index in [2.05, 4.69) is 31.9 Å². The van der Waals surface area contributed by atoms with Crippen molar-refractivity contribution in [2.75, 3.05) is 0 Å². The third kappa shape index (κ3) is 1.94. The quantitative estimate of drug-likeness (QED) is 0.719. The van der Waals surface area contributed by atoms with E-state index in [1.54, 1.807) is 12.1 Å². The first kappa shape index (κ1) is 9.01. The van der Waals surface area contributed by atoms with E-state index in [1.807, 2.05) is 6.07 Å². The summed E-state index contributed by atoms with van der Waals surface area (Å²) in [7, 11) is 5.12. The number of carbonyl (C=O) groups is 1. The van der Waals surface area contributed by atoms with Crippen LogP contribution in [-0.4, -0.2) is 13.5 Å². The molecule has 0 aliphatic rings. The van der Waals surface area contributed by atoms with Gasteiger partial charge in [0.15, 0.2) is 7.85 Å². The van der Waals surface area contributed by atoms with Gasteiger partial charge in [-0.25, -0.2) is 0 Å². The fraction of sp³-hybridized carbons (Fsp3) is 0. The zero-order chi connectivity index (χ0) is 8.43. The number of hydrogen-bond acceptors (Lipinski definition) is 1. The Hall–Kier alpha value is -0.0851. The molecule has 0 atom stereocenters. The summed E-state index contributed by atoms with van der Waals surface area (Å²) in [6.07, 6.45) is 0. The minimum absolute atomic E-state index is 0.440. The molecule has 1 rings (SSSR count). The Balaban J connectivity index is 3.32. The van der Waals surface area contributed by atoms with Gasteiger partial charge in [0.05, 0.1) is 0 Å². The SMILES string of the molecule is [B]C(=O)c1c(Br)cccc1Br. The van der Waals surface area contributed by atoms with Crippen molar-refractivity contribution < 1.29 is 4.79 Å². The molecule has 0 saturated heterocycles. The fourth-order valence-electron chi connectivity index (χ4n) is 0.733. The van der Waals surface area contributed by atoms with Gasteiger partial charge in [0.1, 0.15) is 5.68 Å². The van der Waals surface area contributed by atoms with Gasteiger partial charge in [-0.2, -0.15) is 0 Å². The molecule has 4 heteroatoms. The van der Waals surface area contributed by atoms with Gasteiger partial charge in [-0.3, -0.25) is 0 Å². The van der Waals surface area contributed by atoms with Crippen LogP contribution in [0.1, 0.15) is 10.4 Å². The van der Waals surface area contributed by atoms with Crippen LogP contribution in [0.5, 0.6) is 0 Å². The molecule has 54 valence electrons. The number of benzene rings is 1. The van der Waals surface area contributed by atoms with Crippen molar-refractivity contribution in [3.05, 3.63) is 32.7 Å². The summed E-state index contributed by atoms with van der Waals surface area (Å²) >= 11 is 6.43. The Morgan fingerprint density at radius 1 is 1.27 bits per heavy atom. The second-order valence-corrected chi connectivity index (χ2v) is 3.67. The Morgan fingerprint density at radius 3 is 2.00 bits per heavy atom. The van der Waals surface area contributed by atoms with Gasteiger partial charge in [-0.1, -0.05) is 37.9 Å². The van der Waals surface area contributed by atoms with Crippen LogP contribution >= 0.6 is 31.9 Å². The average molecular weight is 274 g/mol. The van der Waals surface area contributed by atoms with Crippen LogP contribution in [0.2, 0.25) is 0 Å². The van der Waals surface area contributed by atoms with E-state index < -0.39 is 5.68 Å². The lowest BCUT2D eigenvalue weighted by atomic mass is 9.95. The monoisotopic (exact) mass is 272 g/mol. The number of halogens is 2. The van der Waals surface area contributed by atoms with Gasteiger partial charge >= 0.3 is 0 Å². The highest BCUT2D eigenvalue weighted by Gasteiger charge is 2.07. The maximum atomic E-state index is 10.8. The molecule has 0 N–H and O–H groups in total. The Kier molecular flexibility index (Phi) is 2.90. The topological polar surface area (TPSA) is 17.1 Å². The third-order valence-electron chi connectivity index (χ3n) is 1.21. The van der Waals surface area contributed by atoms with Crippen molar-refractivity contribution in [3.63, 3.8) is 0 Å². The number of hydrogen-bond donors (Lipinski definition) is 0. The molecule has 0 spiro atoms. The Bertz CT molecular complexity index is 278. The van der Waals surface area contributed by atoms with Gasteiger partial charge in [0.25, 0.3) is 0 Å². The van der Waals surface area contributed by atoms with Crippen LogP contribution in [0.3, 0.4) is 0 Å². The lowest BCUT2D eigenvalue weighted by Crippen LogP contribution is -1.99. The second kappa shape index (κ2) is 3.54. The molecule has 0 aromatic heterocycles. The maximum Gasteiger partial charge on any atom is 0.175 e. The molecule has 0 fully saturated rings. The van der Waals surface area contributed by atoms with Crippen molar-refractivity contribution in [2.24, 2.45) is 0 Å². The number of rotatable bonds is 1. The Morgan fingerprint density at radius 2 is 1.73 bits per heavy atom. The molecule has 0 aliphatic carbocycles. The van der Waals surface area contributed by atoms with E-state index in [0.717, 1.165) is 0 Å². The van der Waals surface area contributed by atoms with Crippen LogP contribution < -0.4 is 0 Å². The fourth-order valence-corrected chi connectivity index (χ4v) is 2.12. The minimum Gasteiger partial charge on any atom is -0.307 e. The summed E-state index contributed by atoms with van der Waals surface area (Å²) in [5.41, 5.74) is 0.0388. The van der Waals surface area contributed by atoms with Gasteiger partial charge in [0.2, 0.25) is 0 Å². The van der Waals surface area contributed by atoms with Gasteiger partial charge in [-0.05, 0) is 12.1 Å². The maximum absolute atomic E-state index is 10.8. The van der Waals surface area contributed by atoms with Crippen LogP contribution in [0.4, 0.5) is 0 Å². The lowest BCUT2D eigenvalue weighted by molar-refractivity contribution is 0.107. The first-order valence-electron chi connectivity index (χ1n) is 2.86. The molecular weight excluding hydrogens is 271 g/mol. The summed E-state index contributed by atoms with van der Waals surface area (Å²) in [5.74, 6) is 0. The van der Waals surface area contributed by atoms with Crippen molar-refractivity contribution in [3.8, 4) is 0 Å². The summed E-state index contributed by atoms with van der Waals surface area (Å²) in [4.78, 5) is 10.8. The van der Waals surface area contributed by atoms with Crippen LogP contribution in [0.15, 0.2) is 27.1 Å². The molecular formula is C7H3BBr2O. The zero-order valence-corrected chi connectivity index (χ0v) is 8.65. The van der Waals surface area contributed by atoms with E-state index in [4.69, 9.17) is 7.85 Å². The molecule has 0 saturated carbocycles. The average Bonchev–Trinajstić information content (AvgIpc) is 1.85. The van der Waals surface area contributed by atoms with Gasteiger partial charge in [-0.15, -0.1) is 0 Å². The van der Waals surface area contributed by atoms with Gasteiger partial charge in [0, 0.05) is 14.5 Å². The molecule has 0 heterocycles. The normalized spacial score (nSPS) is 9.64. The molecule has 0 unspecified atom stereocenters. The summed E-state index contributed by atoms with van der Waals surface area (Å²) < 4.78 is 1.42. The highest BCUT2D eigenvalue weighted by Crippen LogP contribution is 2.24. The summed E-state index contributed by atoms with van der Waals surface area (Å²) in [6.45, 7) is 0. The molecule has 0 amide bonds. The lowest BCUT2D eigenvalue weighted by Gasteiger charge is -2.01. The molecule has 1 nitrogen and oxygen atoms in total. The summed E-state index contributed by atoms with van der Waals surface area (Å²) in [5, 5.41) is 0. The largest absolute Gasteiger partial charge is 0.307 e. The van der Waals surface area contributed by atoms with E-state index in [-0.39, 0.29) is 0 Å². The highest BCUT2D eigenvalue weighted by molar-refractivity contribution is 9.11. The van der Waals surface area contributed by atoms with Crippen molar-refractivity contribution in [2.45, 2.75) is 0 Å². The van der Waals surface area contributed by atoms with Crippen molar-refractivity contribution >= 4 is 45.4 Å². The predicted octanol–water partition coefficient (Wildman–Crippen LogP) is 2.52. The van der Waals surface area contributed by atoms with Crippen LogP contribution in [0.25, 0.3) is 0 Å². The minimum atomic E-state index is -0.440. The number of carbonyl (C=O) groups excluding carboxylic acids is 1. The van der Waals surface area contributed by atoms with E-state index >= 15 is 0 Å². The standard InChI is InChI=1S/C7H3BBr2O/c8-7(11)6-4(9)2-1-3-5(6)10/h1-3H. The third-order valence-corrected chi connectivity index (χ3v) is 2.53. The smallest absolute Gasteiger partial charge is 0.175 e. The van der Waals surface area contributed by atoms with Crippen molar-refractivity contribution in [1.29, 1.82) is 0 Å². The van der Waals surface area contributed by atoms with E-state index in [9.17, 15) is 4.79 Å². The van der Waals surface area contributed by atoms with E-state index in [1.165, 1.54) is 0 Å². The zero-order valence-electron chi connectivity index (χ0n) is 5.47. The molecule has 2 radical (unpaired) electrons. The van der Waals surface area contributed by atoms with Crippen molar-refractivity contribution in [1.82, 2.24) is 0 Å². The predicted molar refractivity (Wildman–Crippen MR) is 51.9 cm³/mol. The van der Waals surface area contributed by atoms with Crippen LogP contribution in [0, 0.1) is 0 Å². The van der Waals surface area contributed by atoms with Gasteiger partial charge < -0.3 is 4.79 Å². The Labute approximate surface area is 82.8 Å².